The lowest BCUT2D eigenvalue weighted by Gasteiger charge is -2.30. The minimum atomic E-state index is 0.451. The van der Waals surface area contributed by atoms with E-state index < -0.39 is 0 Å². The van der Waals surface area contributed by atoms with Gasteiger partial charge < -0.3 is 10.6 Å². The first-order valence-electron chi connectivity index (χ1n) is 8.39. The maximum Gasteiger partial charge on any atom is 0.185 e. The first-order valence-corrected chi connectivity index (χ1v) is 9.59. The lowest BCUT2D eigenvalue weighted by molar-refractivity contribution is 0.308. The largest absolute Gasteiger partial charge is 0.361 e. The monoisotopic (exact) mass is 384 g/mol. The summed E-state index contributed by atoms with van der Waals surface area (Å²) in [6.07, 6.45) is 5.90. The third kappa shape index (κ3) is 6.79. The maximum atomic E-state index is 5.87. The van der Waals surface area contributed by atoms with E-state index in [9.17, 15) is 0 Å². The molecule has 1 fully saturated rings. The van der Waals surface area contributed by atoms with E-state index >= 15 is 0 Å². The molecular formula is C17H25ClN4S2. The molecule has 132 valence electrons. The Morgan fingerprint density at radius 3 is 2.46 bits per heavy atom. The second-order valence-electron chi connectivity index (χ2n) is 6.22. The van der Waals surface area contributed by atoms with Gasteiger partial charge in [0.25, 0.3) is 0 Å². The highest BCUT2D eigenvalue weighted by molar-refractivity contribution is 7.80. The summed E-state index contributed by atoms with van der Waals surface area (Å²) in [6, 6.07) is 8.27. The maximum absolute atomic E-state index is 5.87. The molecule has 0 spiro atoms. The number of hydrazine groups is 1. The molecule has 0 aliphatic heterocycles. The molecule has 4 N–H and O–H groups in total. The Labute approximate surface area is 160 Å². The summed E-state index contributed by atoms with van der Waals surface area (Å²) in [5.41, 5.74) is 7.10. The van der Waals surface area contributed by atoms with Crippen LogP contribution in [0.3, 0.4) is 0 Å². The molecule has 0 heterocycles. The van der Waals surface area contributed by atoms with Crippen LogP contribution in [0.5, 0.6) is 0 Å². The van der Waals surface area contributed by atoms with Crippen LogP contribution in [-0.2, 0) is 6.42 Å². The van der Waals surface area contributed by atoms with Crippen LogP contribution in [0.1, 0.15) is 38.2 Å². The van der Waals surface area contributed by atoms with Crippen molar-refractivity contribution in [3.63, 3.8) is 0 Å². The zero-order valence-electron chi connectivity index (χ0n) is 13.9. The van der Waals surface area contributed by atoms with Gasteiger partial charge in [0.1, 0.15) is 0 Å². The molecule has 1 aliphatic carbocycles. The molecule has 4 nitrogen and oxygen atoms in total. The Morgan fingerprint density at radius 2 is 1.75 bits per heavy atom. The van der Waals surface area contributed by atoms with Gasteiger partial charge in [-0.25, -0.2) is 0 Å². The van der Waals surface area contributed by atoms with E-state index in [0.29, 0.717) is 22.2 Å². The number of hydrogen-bond donors (Lipinski definition) is 4. The Morgan fingerprint density at radius 1 is 1.08 bits per heavy atom. The van der Waals surface area contributed by atoms with Crippen molar-refractivity contribution in [1.29, 1.82) is 0 Å². The third-order valence-electron chi connectivity index (χ3n) is 4.33. The van der Waals surface area contributed by atoms with Gasteiger partial charge in [-0.3, -0.25) is 10.9 Å². The van der Waals surface area contributed by atoms with Gasteiger partial charge in [0, 0.05) is 17.6 Å². The normalized spacial score (nSPS) is 20.1. The number of thiocarbonyl (C=S) groups is 2. The minimum Gasteiger partial charge on any atom is -0.361 e. The average Bonchev–Trinajstić information content (AvgIpc) is 2.57. The van der Waals surface area contributed by atoms with Crippen LogP contribution >= 0.6 is 36.0 Å². The Balaban J connectivity index is 1.60. The van der Waals surface area contributed by atoms with Crippen LogP contribution in [0.4, 0.5) is 0 Å². The lowest BCUT2D eigenvalue weighted by Crippen LogP contribution is -2.53. The van der Waals surface area contributed by atoms with Crippen molar-refractivity contribution in [3.8, 4) is 0 Å². The van der Waals surface area contributed by atoms with Crippen molar-refractivity contribution < 1.29 is 0 Å². The Hall–Kier alpha value is -1.11. The molecule has 7 heteroatoms. The van der Waals surface area contributed by atoms with Gasteiger partial charge in [-0.2, -0.15) is 0 Å². The molecule has 1 aromatic rings. The van der Waals surface area contributed by atoms with Crippen molar-refractivity contribution in [2.75, 3.05) is 6.54 Å². The Bertz CT molecular complexity index is 550. The van der Waals surface area contributed by atoms with Crippen LogP contribution in [0.2, 0.25) is 5.02 Å². The van der Waals surface area contributed by atoms with Crippen molar-refractivity contribution in [2.24, 2.45) is 5.92 Å². The standard InChI is InChI=1S/C17H25ClN4S2/c1-12-4-2-3-5-15(12)20-17(24)22-21-16(23)19-11-10-13-6-8-14(18)9-7-13/h6-9,12,15H,2-5,10-11H2,1H3,(H2,19,21,23)(H2,20,22,24)/t12-,15+/m0/s1. The van der Waals surface area contributed by atoms with Gasteiger partial charge in [0.2, 0.25) is 0 Å². The number of rotatable bonds is 4. The molecule has 0 saturated heterocycles. The zero-order valence-corrected chi connectivity index (χ0v) is 16.3. The molecule has 0 bridgehead atoms. The van der Waals surface area contributed by atoms with Crippen molar-refractivity contribution in [3.05, 3.63) is 34.9 Å². The van der Waals surface area contributed by atoms with E-state index in [0.717, 1.165) is 18.0 Å². The van der Waals surface area contributed by atoms with Crippen LogP contribution in [-0.4, -0.2) is 22.8 Å². The minimum absolute atomic E-state index is 0.451. The van der Waals surface area contributed by atoms with Crippen molar-refractivity contribution >= 4 is 46.3 Å². The van der Waals surface area contributed by atoms with E-state index in [2.05, 4.69) is 28.4 Å². The van der Waals surface area contributed by atoms with Gasteiger partial charge >= 0.3 is 0 Å². The quantitative estimate of drug-likeness (QED) is 0.472. The first kappa shape index (κ1) is 19.2. The van der Waals surface area contributed by atoms with Gasteiger partial charge in [0.05, 0.1) is 0 Å². The molecular weight excluding hydrogens is 360 g/mol. The van der Waals surface area contributed by atoms with E-state index in [-0.39, 0.29) is 0 Å². The van der Waals surface area contributed by atoms with E-state index in [1.165, 1.54) is 31.2 Å². The van der Waals surface area contributed by atoms with Gasteiger partial charge in [0.15, 0.2) is 10.2 Å². The third-order valence-corrected chi connectivity index (χ3v) is 5.05. The highest BCUT2D eigenvalue weighted by Gasteiger charge is 2.21. The second-order valence-corrected chi connectivity index (χ2v) is 7.48. The molecule has 24 heavy (non-hydrogen) atoms. The summed E-state index contributed by atoms with van der Waals surface area (Å²) < 4.78 is 0. The first-order chi connectivity index (χ1) is 11.5. The molecule has 0 radical (unpaired) electrons. The van der Waals surface area contributed by atoms with Crippen molar-refractivity contribution in [1.82, 2.24) is 21.5 Å². The summed E-state index contributed by atoms with van der Waals surface area (Å²) in [5.74, 6) is 0.656. The predicted molar refractivity (Wildman–Crippen MR) is 109 cm³/mol. The smallest absolute Gasteiger partial charge is 0.185 e. The molecule has 0 aromatic heterocycles. The fourth-order valence-corrected chi connectivity index (χ4v) is 3.35. The summed E-state index contributed by atoms with van der Waals surface area (Å²) in [4.78, 5) is 0. The summed E-state index contributed by atoms with van der Waals surface area (Å²) >= 11 is 16.4. The summed E-state index contributed by atoms with van der Waals surface area (Å²) in [6.45, 7) is 3.02. The van der Waals surface area contributed by atoms with Crippen LogP contribution in [0.15, 0.2) is 24.3 Å². The topological polar surface area (TPSA) is 48.1 Å². The SMILES string of the molecule is C[C@H]1CCCC[C@H]1NC(=S)NNC(=S)NCCc1ccc(Cl)cc1. The molecule has 1 aromatic carbocycles. The average molecular weight is 385 g/mol. The lowest BCUT2D eigenvalue weighted by atomic mass is 9.86. The van der Waals surface area contributed by atoms with Gasteiger partial charge in [-0.05, 0) is 67.3 Å². The molecule has 1 saturated carbocycles. The number of halogens is 1. The van der Waals surface area contributed by atoms with E-state index in [1.807, 2.05) is 24.3 Å². The van der Waals surface area contributed by atoms with Crippen molar-refractivity contribution in [2.45, 2.75) is 45.1 Å². The fraction of sp³-hybridized carbons (Fsp3) is 0.529. The molecule has 1 aliphatic rings. The van der Waals surface area contributed by atoms with E-state index in [4.69, 9.17) is 36.0 Å². The fourth-order valence-electron chi connectivity index (χ4n) is 2.86. The molecule has 0 unspecified atom stereocenters. The van der Waals surface area contributed by atoms with Crippen LogP contribution < -0.4 is 21.5 Å². The predicted octanol–water partition coefficient (Wildman–Crippen LogP) is 3.30. The molecule has 2 rings (SSSR count). The summed E-state index contributed by atoms with van der Waals surface area (Å²) in [5, 5.41) is 8.40. The Kier molecular flexibility index (Phi) is 8.02. The van der Waals surface area contributed by atoms with Crippen LogP contribution in [0.25, 0.3) is 0 Å². The molecule has 2 atom stereocenters. The van der Waals surface area contributed by atoms with Crippen LogP contribution in [0, 0.1) is 5.92 Å². The highest BCUT2D eigenvalue weighted by atomic mass is 35.5. The highest BCUT2D eigenvalue weighted by Crippen LogP contribution is 2.23. The molecule has 0 amide bonds. The zero-order chi connectivity index (χ0) is 17.4. The number of hydrogen-bond acceptors (Lipinski definition) is 2. The van der Waals surface area contributed by atoms with Gasteiger partial charge in [-0.15, -0.1) is 0 Å². The summed E-state index contributed by atoms with van der Waals surface area (Å²) in [7, 11) is 0. The van der Waals surface area contributed by atoms with Gasteiger partial charge in [-0.1, -0.05) is 43.5 Å². The number of benzene rings is 1. The van der Waals surface area contributed by atoms with E-state index in [1.54, 1.807) is 0 Å². The second kappa shape index (κ2) is 10.0. The number of nitrogens with one attached hydrogen (secondary N) is 4.